The second kappa shape index (κ2) is 4.97. The quantitative estimate of drug-likeness (QED) is 0.629. The third-order valence-electron chi connectivity index (χ3n) is 2.15. The topological polar surface area (TPSA) is 78.1 Å². The van der Waals surface area contributed by atoms with E-state index in [1.165, 1.54) is 0 Å². The summed E-state index contributed by atoms with van der Waals surface area (Å²) in [6.45, 7) is 1.15. The zero-order chi connectivity index (χ0) is 9.68. The summed E-state index contributed by atoms with van der Waals surface area (Å²) in [4.78, 5) is 0. The standard InChI is InChI=1S/C10H17N3/c11-6-5-10(13)9-4-2-1-3-8(9)7-12/h1-4,10H,5-7,11-13H2. The van der Waals surface area contributed by atoms with Gasteiger partial charge < -0.3 is 17.2 Å². The molecular formula is C10H17N3. The Morgan fingerprint density at radius 2 is 1.85 bits per heavy atom. The number of nitrogens with two attached hydrogens (primary N) is 3. The van der Waals surface area contributed by atoms with Crippen molar-refractivity contribution in [1.82, 2.24) is 0 Å². The first-order chi connectivity index (χ1) is 6.29. The van der Waals surface area contributed by atoms with Crippen molar-refractivity contribution in [2.24, 2.45) is 17.2 Å². The van der Waals surface area contributed by atoms with Crippen molar-refractivity contribution < 1.29 is 0 Å². The van der Waals surface area contributed by atoms with Gasteiger partial charge in [-0.25, -0.2) is 0 Å². The lowest BCUT2D eigenvalue weighted by Gasteiger charge is -2.14. The van der Waals surface area contributed by atoms with E-state index in [2.05, 4.69) is 0 Å². The van der Waals surface area contributed by atoms with Crippen LogP contribution < -0.4 is 17.2 Å². The molecule has 0 fully saturated rings. The van der Waals surface area contributed by atoms with Crippen LogP contribution in [0, 0.1) is 0 Å². The number of benzene rings is 1. The van der Waals surface area contributed by atoms with E-state index in [0.29, 0.717) is 13.1 Å². The predicted octanol–water partition coefficient (Wildman–Crippen LogP) is 0.494. The Balaban J connectivity index is 2.85. The average Bonchev–Trinajstić information content (AvgIpc) is 2.18. The van der Waals surface area contributed by atoms with Crippen LogP contribution in [-0.2, 0) is 6.54 Å². The molecule has 1 atom stereocenters. The van der Waals surface area contributed by atoms with Crippen LogP contribution in [0.15, 0.2) is 24.3 Å². The van der Waals surface area contributed by atoms with Crippen molar-refractivity contribution in [3.05, 3.63) is 35.4 Å². The summed E-state index contributed by atoms with van der Waals surface area (Å²) in [7, 11) is 0. The molecule has 1 unspecified atom stereocenters. The van der Waals surface area contributed by atoms with Gasteiger partial charge in [-0.05, 0) is 24.1 Å². The molecular weight excluding hydrogens is 162 g/mol. The Kier molecular flexibility index (Phi) is 3.89. The maximum Gasteiger partial charge on any atom is 0.0310 e. The van der Waals surface area contributed by atoms with E-state index >= 15 is 0 Å². The third-order valence-corrected chi connectivity index (χ3v) is 2.15. The van der Waals surface area contributed by atoms with E-state index in [4.69, 9.17) is 17.2 Å². The van der Waals surface area contributed by atoms with Crippen LogP contribution in [0.4, 0.5) is 0 Å². The molecule has 1 aromatic rings. The van der Waals surface area contributed by atoms with Gasteiger partial charge in [0.15, 0.2) is 0 Å². The smallest absolute Gasteiger partial charge is 0.0310 e. The van der Waals surface area contributed by atoms with E-state index < -0.39 is 0 Å². The Morgan fingerprint density at radius 3 is 2.46 bits per heavy atom. The van der Waals surface area contributed by atoms with Crippen LogP contribution >= 0.6 is 0 Å². The molecule has 0 aliphatic carbocycles. The Morgan fingerprint density at radius 1 is 1.15 bits per heavy atom. The maximum atomic E-state index is 5.95. The number of hydrogen-bond donors (Lipinski definition) is 3. The molecule has 0 radical (unpaired) electrons. The van der Waals surface area contributed by atoms with Gasteiger partial charge in [0.2, 0.25) is 0 Å². The molecule has 0 saturated carbocycles. The van der Waals surface area contributed by atoms with Gasteiger partial charge in [0.05, 0.1) is 0 Å². The minimum atomic E-state index is 0.0183. The van der Waals surface area contributed by atoms with Crippen LogP contribution in [0.2, 0.25) is 0 Å². The average molecular weight is 179 g/mol. The van der Waals surface area contributed by atoms with Crippen molar-refractivity contribution >= 4 is 0 Å². The molecule has 0 bridgehead atoms. The second-order valence-electron chi connectivity index (χ2n) is 3.09. The third kappa shape index (κ3) is 2.52. The van der Waals surface area contributed by atoms with Gasteiger partial charge >= 0.3 is 0 Å². The molecule has 3 nitrogen and oxygen atoms in total. The van der Waals surface area contributed by atoms with Gasteiger partial charge in [-0.1, -0.05) is 24.3 Å². The normalized spacial score (nSPS) is 12.8. The van der Waals surface area contributed by atoms with Crippen LogP contribution in [0.5, 0.6) is 0 Å². The van der Waals surface area contributed by atoms with Crippen LogP contribution in [0.25, 0.3) is 0 Å². The van der Waals surface area contributed by atoms with E-state index in [9.17, 15) is 0 Å². The first-order valence-electron chi connectivity index (χ1n) is 4.53. The SMILES string of the molecule is NCCC(N)c1ccccc1CN. The Bertz CT molecular complexity index is 260. The minimum Gasteiger partial charge on any atom is -0.330 e. The lowest BCUT2D eigenvalue weighted by molar-refractivity contribution is 0.654. The fourth-order valence-electron chi connectivity index (χ4n) is 1.42. The minimum absolute atomic E-state index is 0.0183. The van der Waals surface area contributed by atoms with Gasteiger partial charge in [-0.15, -0.1) is 0 Å². The zero-order valence-corrected chi connectivity index (χ0v) is 7.74. The number of rotatable bonds is 4. The van der Waals surface area contributed by atoms with E-state index in [-0.39, 0.29) is 6.04 Å². The Hall–Kier alpha value is -0.900. The summed E-state index contributed by atoms with van der Waals surface area (Å²) in [6, 6.07) is 7.99. The molecule has 1 aromatic carbocycles. The highest BCUT2D eigenvalue weighted by Crippen LogP contribution is 2.17. The molecule has 13 heavy (non-hydrogen) atoms. The lowest BCUT2D eigenvalue weighted by atomic mass is 9.99. The predicted molar refractivity (Wildman–Crippen MR) is 54.9 cm³/mol. The van der Waals surface area contributed by atoms with Gasteiger partial charge in [-0.3, -0.25) is 0 Å². The van der Waals surface area contributed by atoms with Crippen LogP contribution in [-0.4, -0.2) is 6.54 Å². The monoisotopic (exact) mass is 179 g/mol. The first kappa shape index (κ1) is 10.2. The molecule has 0 aromatic heterocycles. The van der Waals surface area contributed by atoms with E-state index in [1.54, 1.807) is 0 Å². The molecule has 6 N–H and O–H groups in total. The largest absolute Gasteiger partial charge is 0.330 e. The van der Waals surface area contributed by atoms with E-state index in [0.717, 1.165) is 17.5 Å². The van der Waals surface area contributed by atoms with Gasteiger partial charge in [0.1, 0.15) is 0 Å². The van der Waals surface area contributed by atoms with Crippen LogP contribution in [0.3, 0.4) is 0 Å². The molecule has 0 saturated heterocycles. The van der Waals surface area contributed by atoms with Gasteiger partial charge in [-0.2, -0.15) is 0 Å². The molecule has 0 aliphatic rings. The highest BCUT2D eigenvalue weighted by Gasteiger charge is 2.07. The molecule has 0 aliphatic heterocycles. The van der Waals surface area contributed by atoms with Crippen LogP contribution in [0.1, 0.15) is 23.6 Å². The highest BCUT2D eigenvalue weighted by molar-refractivity contribution is 5.29. The summed E-state index contributed by atoms with van der Waals surface area (Å²) < 4.78 is 0. The van der Waals surface area contributed by atoms with Gasteiger partial charge in [0.25, 0.3) is 0 Å². The second-order valence-corrected chi connectivity index (χ2v) is 3.09. The van der Waals surface area contributed by atoms with E-state index in [1.807, 2.05) is 24.3 Å². The summed E-state index contributed by atoms with van der Waals surface area (Å²) >= 11 is 0. The molecule has 1 rings (SSSR count). The Labute approximate surface area is 78.9 Å². The molecule has 72 valence electrons. The lowest BCUT2D eigenvalue weighted by Crippen LogP contribution is -2.17. The fraction of sp³-hybridized carbons (Fsp3) is 0.400. The van der Waals surface area contributed by atoms with Crippen molar-refractivity contribution in [2.75, 3.05) is 6.54 Å². The van der Waals surface area contributed by atoms with Crippen molar-refractivity contribution in [3.8, 4) is 0 Å². The summed E-state index contributed by atoms with van der Waals surface area (Å²) in [5.74, 6) is 0. The summed E-state index contributed by atoms with van der Waals surface area (Å²) in [6.07, 6.45) is 0.803. The first-order valence-corrected chi connectivity index (χ1v) is 4.53. The number of hydrogen-bond acceptors (Lipinski definition) is 3. The fourth-order valence-corrected chi connectivity index (χ4v) is 1.42. The molecule has 0 spiro atoms. The summed E-state index contributed by atoms with van der Waals surface area (Å²) in [5.41, 5.74) is 19.2. The molecule has 3 heteroatoms. The zero-order valence-electron chi connectivity index (χ0n) is 7.74. The van der Waals surface area contributed by atoms with Crippen molar-refractivity contribution in [1.29, 1.82) is 0 Å². The summed E-state index contributed by atoms with van der Waals surface area (Å²) in [5, 5.41) is 0. The molecule has 0 heterocycles. The maximum absolute atomic E-state index is 5.95. The highest BCUT2D eigenvalue weighted by atomic mass is 14.7. The van der Waals surface area contributed by atoms with Crippen molar-refractivity contribution in [2.45, 2.75) is 19.0 Å². The van der Waals surface area contributed by atoms with Gasteiger partial charge in [0, 0.05) is 12.6 Å². The molecule has 0 amide bonds. The van der Waals surface area contributed by atoms with Crippen molar-refractivity contribution in [3.63, 3.8) is 0 Å².